The fourth-order valence-electron chi connectivity index (χ4n) is 6.51. The summed E-state index contributed by atoms with van der Waals surface area (Å²) in [6, 6.07) is 0. The van der Waals surface area contributed by atoms with Crippen LogP contribution in [0, 0.1) is 23.2 Å². The van der Waals surface area contributed by atoms with Crippen LogP contribution in [0.3, 0.4) is 0 Å². The molecule has 2 fully saturated rings. The number of anilines is 1. The lowest BCUT2D eigenvalue weighted by Crippen LogP contribution is -2.53. The van der Waals surface area contributed by atoms with Crippen molar-refractivity contribution < 1.29 is 14.6 Å². The average molecular weight is 493 g/mol. The number of carbonyl (C=O) groups is 1. The number of aromatic nitrogens is 1. The van der Waals surface area contributed by atoms with Gasteiger partial charge in [0.25, 0.3) is 0 Å². The number of morpholine rings is 1. The monoisotopic (exact) mass is 492 g/mol. The van der Waals surface area contributed by atoms with Crippen LogP contribution in [0.4, 0.5) is 5.13 Å². The largest absolute Gasteiger partial charge is 0.392 e. The van der Waals surface area contributed by atoms with Crippen molar-refractivity contribution in [3.8, 4) is 0 Å². The Morgan fingerprint density at radius 1 is 1.35 bits per heavy atom. The van der Waals surface area contributed by atoms with Crippen LogP contribution >= 0.6 is 11.3 Å². The summed E-state index contributed by atoms with van der Waals surface area (Å²) in [6.07, 6.45) is 4.75. The Labute approximate surface area is 209 Å². The summed E-state index contributed by atoms with van der Waals surface area (Å²) in [5, 5.41) is 19.3. The first-order valence-corrected chi connectivity index (χ1v) is 14.1. The number of thiazole rings is 1. The van der Waals surface area contributed by atoms with Gasteiger partial charge in [0, 0.05) is 49.4 Å². The predicted octanol–water partition coefficient (Wildman–Crippen LogP) is 3.49. The third-order valence-electron chi connectivity index (χ3n) is 8.62. The number of fused-ring (bicyclic) bond motifs is 2. The number of rotatable bonds is 9. The molecule has 0 bridgehead atoms. The van der Waals surface area contributed by atoms with Crippen LogP contribution < -0.4 is 10.6 Å². The van der Waals surface area contributed by atoms with Gasteiger partial charge in [-0.2, -0.15) is 0 Å². The summed E-state index contributed by atoms with van der Waals surface area (Å²) in [7, 11) is 0. The zero-order valence-corrected chi connectivity index (χ0v) is 22.3. The molecule has 1 saturated carbocycles. The third kappa shape index (κ3) is 5.45. The van der Waals surface area contributed by atoms with Crippen molar-refractivity contribution in [2.45, 2.75) is 71.8 Å². The summed E-state index contributed by atoms with van der Waals surface area (Å²) < 4.78 is 5.40. The zero-order chi connectivity index (χ0) is 24.3. The van der Waals surface area contributed by atoms with Gasteiger partial charge in [-0.05, 0) is 42.9 Å². The molecule has 6 atom stereocenters. The van der Waals surface area contributed by atoms with Crippen LogP contribution in [0.5, 0.6) is 0 Å². The average Bonchev–Trinajstić information content (AvgIpc) is 3.22. The van der Waals surface area contributed by atoms with Crippen molar-refractivity contribution in [3.05, 3.63) is 10.6 Å². The van der Waals surface area contributed by atoms with E-state index >= 15 is 0 Å². The summed E-state index contributed by atoms with van der Waals surface area (Å²) in [4.78, 5) is 21.7. The number of hydrogen-bond acceptors (Lipinski definition) is 7. The standard InChI is InChI=1S/C26H44N4O3S/c1-5-6-9-28-25-29-22-18(3)21-23(31)19(7-8-26(21,4)16-20(22)34-25)17(2)24(32)27-10-11-30-12-14-33-15-13-30/h17-19,21,23,31H,5-16H2,1-4H3,(H,27,32)(H,28,29)/t17-,18-,19?,21+,23-,26-/m0/s1. The molecule has 4 rings (SSSR count). The smallest absolute Gasteiger partial charge is 0.223 e. The Bertz CT molecular complexity index is 827. The van der Waals surface area contributed by atoms with Gasteiger partial charge in [-0.1, -0.05) is 34.1 Å². The summed E-state index contributed by atoms with van der Waals surface area (Å²) >= 11 is 1.80. The van der Waals surface area contributed by atoms with E-state index in [-0.39, 0.29) is 35.0 Å². The van der Waals surface area contributed by atoms with Crippen molar-refractivity contribution in [2.24, 2.45) is 23.2 Å². The molecule has 1 aliphatic heterocycles. The lowest BCUT2D eigenvalue weighted by molar-refractivity contribution is -0.134. The molecule has 1 aromatic rings. The highest BCUT2D eigenvalue weighted by molar-refractivity contribution is 7.15. The van der Waals surface area contributed by atoms with E-state index in [1.54, 1.807) is 11.3 Å². The molecule has 1 unspecified atom stereocenters. The van der Waals surface area contributed by atoms with Gasteiger partial charge in [0.05, 0.1) is 25.0 Å². The predicted molar refractivity (Wildman–Crippen MR) is 137 cm³/mol. The molecule has 2 heterocycles. The van der Waals surface area contributed by atoms with E-state index in [1.165, 1.54) is 11.3 Å². The number of hydrogen-bond donors (Lipinski definition) is 3. The number of nitrogens with one attached hydrogen (secondary N) is 2. The highest BCUT2D eigenvalue weighted by Crippen LogP contribution is 2.57. The molecule has 0 radical (unpaired) electrons. The van der Waals surface area contributed by atoms with Gasteiger partial charge in [0.1, 0.15) is 0 Å². The minimum absolute atomic E-state index is 0.00810. The minimum Gasteiger partial charge on any atom is -0.392 e. The molecule has 8 heteroatoms. The molecule has 0 aromatic carbocycles. The maximum absolute atomic E-state index is 13.0. The number of ether oxygens (including phenoxy) is 1. The SMILES string of the molecule is CCCCNc1nc2c(s1)C[C@]1(C)CCC([C@H](C)C(=O)NCCN3CCOCC3)[C@H](O)[C@H]1[C@@H]2C. The Hall–Kier alpha value is -1.22. The quantitative estimate of drug-likeness (QED) is 0.458. The van der Waals surface area contributed by atoms with E-state index in [9.17, 15) is 9.90 Å². The van der Waals surface area contributed by atoms with Crippen molar-refractivity contribution in [1.82, 2.24) is 15.2 Å². The normalized spacial score (nSPS) is 32.5. The van der Waals surface area contributed by atoms with Crippen LogP contribution in [0.15, 0.2) is 0 Å². The van der Waals surface area contributed by atoms with E-state index in [4.69, 9.17) is 9.72 Å². The lowest BCUT2D eigenvalue weighted by Gasteiger charge is -2.53. The number of aliphatic hydroxyl groups excluding tert-OH is 1. The molecule has 192 valence electrons. The number of aliphatic hydroxyl groups is 1. The van der Waals surface area contributed by atoms with Gasteiger partial charge < -0.3 is 20.5 Å². The van der Waals surface area contributed by atoms with E-state index in [2.05, 4.69) is 36.3 Å². The Kier molecular flexibility index (Phi) is 8.54. The second kappa shape index (κ2) is 11.2. The fraction of sp³-hybridized carbons (Fsp3) is 0.846. The Morgan fingerprint density at radius 2 is 2.12 bits per heavy atom. The first-order valence-electron chi connectivity index (χ1n) is 13.3. The van der Waals surface area contributed by atoms with Crippen LogP contribution in [0.25, 0.3) is 0 Å². The molecule has 2 aliphatic carbocycles. The van der Waals surface area contributed by atoms with E-state index < -0.39 is 6.10 Å². The lowest BCUT2D eigenvalue weighted by atomic mass is 9.53. The van der Waals surface area contributed by atoms with Crippen LogP contribution in [0.1, 0.15) is 69.9 Å². The zero-order valence-electron chi connectivity index (χ0n) is 21.4. The molecule has 1 aromatic heterocycles. The molecule has 1 amide bonds. The van der Waals surface area contributed by atoms with Crippen molar-refractivity contribution in [3.63, 3.8) is 0 Å². The summed E-state index contributed by atoms with van der Waals surface area (Å²) in [5.74, 6) is 0.195. The highest BCUT2D eigenvalue weighted by Gasteiger charge is 2.53. The van der Waals surface area contributed by atoms with Crippen molar-refractivity contribution in [2.75, 3.05) is 51.3 Å². The van der Waals surface area contributed by atoms with Crippen molar-refractivity contribution in [1.29, 1.82) is 0 Å². The van der Waals surface area contributed by atoms with Gasteiger partial charge in [-0.15, -0.1) is 11.3 Å². The van der Waals surface area contributed by atoms with Gasteiger partial charge in [-0.3, -0.25) is 9.69 Å². The fourth-order valence-corrected chi connectivity index (χ4v) is 7.80. The second-order valence-electron chi connectivity index (χ2n) is 11.0. The molecule has 3 aliphatic rings. The van der Waals surface area contributed by atoms with E-state index in [0.29, 0.717) is 6.54 Å². The molecular formula is C26H44N4O3S. The summed E-state index contributed by atoms with van der Waals surface area (Å²) in [5.41, 5.74) is 1.22. The molecule has 34 heavy (non-hydrogen) atoms. The van der Waals surface area contributed by atoms with Crippen LogP contribution in [-0.2, 0) is 16.0 Å². The number of amides is 1. The molecule has 7 nitrogen and oxygen atoms in total. The third-order valence-corrected chi connectivity index (χ3v) is 9.64. The number of nitrogens with zero attached hydrogens (tertiary/aromatic N) is 2. The van der Waals surface area contributed by atoms with Gasteiger partial charge >= 0.3 is 0 Å². The molecule has 3 N–H and O–H groups in total. The number of carbonyl (C=O) groups excluding carboxylic acids is 1. The van der Waals surface area contributed by atoms with Gasteiger partial charge in [0.2, 0.25) is 5.91 Å². The van der Waals surface area contributed by atoms with Gasteiger partial charge in [0.15, 0.2) is 5.13 Å². The highest BCUT2D eigenvalue weighted by atomic mass is 32.1. The maximum atomic E-state index is 13.0. The van der Waals surface area contributed by atoms with E-state index in [1.807, 2.05) is 6.92 Å². The first kappa shape index (κ1) is 25.9. The molecule has 0 spiro atoms. The molecule has 1 saturated heterocycles. The van der Waals surface area contributed by atoms with Crippen LogP contribution in [0.2, 0.25) is 0 Å². The first-order chi connectivity index (χ1) is 16.3. The topological polar surface area (TPSA) is 86.7 Å². The van der Waals surface area contributed by atoms with E-state index in [0.717, 1.165) is 75.9 Å². The second-order valence-corrected chi connectivity index (χ2v) is 12.1. The Morgan fingerprint density at radius 3 is 2.85 bits per heavy atom. The van der Waals surface area contributed by atoms with Crippen LogP contribution in [-0.4, -0.2) is 72.9 Å². The minimum atomic E-state index is -0.486. The Balaban J connectivity index is 1.38. The summed E-state index contributed by atoms with van der Waals surface area (Å²) in [6.45, 7) is 14.6. The van der Waals surface area contributed by atoms with Crippen molar-refractivity contribution >= 4 is 22.4 Å². The maximum Gasteiger partial charge on any atom is 0.223 e. The number of unbranched alkanes of at least 4 members (excludes halogenated alkanes) is 1. The molecular weight excluding hydrogens is 448 g/mol. The van der Waals surface area contributed by atoms with Gasteiger partial charge in [-0.25, -0.2) is 4.98 Å².